The number of aromatic nitrogens is 2. The van der Waals surface area contributed by atoms with E-state index in [4.69, 9.17) is 0 Å². The van der Waals surface area contributed by atoms with E-state index >= 15 is 0 Å². The number of anilines is 3. The summed E-state index contributed by atoms with van der Waals surface area (Å²) in [6, 6.07) is 1.43. The second-order valence-electron chi connectivity index (χ2n) is 7.05. The van der Waals surface area contributed by atoms with Gasteiger partial charge in [-0.2, -0.15) is 4.98 Å². The van der Waals surface area contributed by atoms with Crippen LogP contribution in [0.25, 0.3) is 0 Å². The van der Waals surface area contributed by atoms with Crippen LogP contribution in [-0.4, -0.2) is 27.7 Å². The number of nitrogens with one attached hydrogen (secondary N) is 3. The fraction of sp³-hybridized carbons (Fsp3) is 0.444. The van der Waals surface area contributed by atoms with Crippen molar-refractivity contribution in [3.8, 4) is 0 Å². The molecular weight excluding hydrogens is 378 g/mol. The Hall–Kier alpha value is -2.62. The molecule has 1 heterocycles. The van der Waals surface area contributed by atoms with Crippen molar-refractivity contribution in [2.75, 3.05) is 22.8 Å². The Balaban J connectivity index is 1.84. The van der Waals surface area contributed by atoms with Gasteiger partial charge >= 0.3 is 0 Å². The third-order valence-electron chi connectivity index (χ3n) is 4.48. The molecule has 1 fully saturated rings. The molecule has 0 saturated heterocycles. The average molecular weight is 399 g/mol. The van der Waals surface area contributed by atoms with Crippen molar-refractivity contribution in [2.24, 2.45) is 5.92 Å². The van der Waals surface area contributed by atoms with Gasteiger partial charge in [-0.05, 0) is 18.8 Å². The molecule has 0 aliphatic heterocycles. The smallest absolute Gasteiger partial charge is 0.225 e. The molecule has 1 aromatic heterocycles. The van der Waals surface area contributed by atoms with Gasteiger partial charge in [0.1, 0.15) is 11.5 Å². The fourth-order valence-corrected chi connectivity index (χ4v) is 2.58. The van der Waals surface area contributed by atoms with Crippen molar-refractivity contribution in [1.29, 1.82) is 0 Å². The summed E-state index contributed by atoms with van der Waals surface area (Å²) in [5.41, 5.74) is 4.32. The zero-order valence-electron chi connectivity index (χ0n) is 15.4. The summed E-state index contributed by atoms with van der Waals surface area (Å²) < 4.78 is 54.3. The van der Waals surface area contributed by atoms with Crippen LogP contribution in [0.1, 0.15) is 38.3 Å². The van der Waals surface area contributed by atoms with Crippen LogP contribution in [0.3, 0.4) is 0 Å². The number of aliphatic hydroxyl groups excluding tert-OH is 1. The van der Waals surface area contributed by atoms with E-state index in [0.717, 1.165) is 12.8 Å². The molecule has 1 aliphatic rings. The number of halogens is 4. The fourth-order valence-electron chi connectivity index (χ4n) is 2.58. The van der Waals surface area contributed by atoms with Crippen molar-refractivity contribution in [2.45, 2.75) is 38.6 Å². The summed E-state index contributed by atoms with van der Waals surface area (Å²) in [7, 11) is 0. The van der Waals surface area contributed by atoms with Gasteiger partial charge in [0.25, 0.3) is 0 Å². The van der Waals surface area contributed by atoms with Gasteiger partial charge in [0.2, 0.25) is 5.95 Å². The molecular formula is C18H21F4N5O. The SMILES string of the molecule is CC(C)[C@H](CO)Nc1nc(NNc2c(F)c(F)cc(F)c2F)cc(C2CC2)n1. The minimum Gasteiger partial charge on any atom is -0.394 e. The van der Waals surface area contributed by atoms with E-state index in [1.807, 2.05) is 13.8 Å². The summed E-state index contributed by atoms with van der Waals surface area (Å²) in [5, 5.41) is 12.5. The van der Waals surface area contributed by atoms with E-state index in [2.05, 4.69) is 26.1 Å². The summed E-state index contributed by atoms with van der Waals surface area (Å²) in [6.07, 6.45) is 1.91. The molecule has 0 radical (unpaired) electrons. The van der Waals surface area contributed by atoms with Crippen LogP contribution in [0.4, 0.5) is 35.0 Å². The second-order valence-corrected chi connectivity index (χ2v) is 7.05. The van der Waals surface area contributed by atoms with Crippen molar-refractivity contribution in [3.63, 3.8) is 0 Å². The lowest BCUT2D eigenvalue weighted by Gasteiger charge is -2.21. The molecule has 1 atom stereocenters. The number of aliphatic hydroxyl groups is 1. The molecule has 2 aromatic rings. The molecule has 152 valence electrons. The van der Waals surface area contributed by atoms with E-state index < -0.39 is 29.0 Å². The molecule has 1 aliphatic carbocycles. The quantitative estimate of drug-likeness (QED) is 0.307. The minimum absolute atomic E-state index is 0.103. The van der Waals surface area contributed by atoms with E-state index in [1.54, 1.807) is 6.07 Å². The monoisotopic (exact) mass is 399 g/mol. The Kier molecular flexibility index (Phi) is 5.87. The maximum atomic E-state index is 13.8. The largest absolute Gasteiger partial charge is 0.394 e. The molecule has 0 amide bonds. The van der Waals surface area contributed by atoms with E-state index in [0.29, 0.717) is 5.69 Å². The standard InChI is InChI=1S/C18H21F4N5O/c1-8(2)13(7-28)24-18-23-12(9-3-4-9)6-14(25-18)26-27-17-15(21)10(19)5-11(20)16(17)22/h5-6,8-9,13,27-28H,3-4,7H2,1-2H3,(H2,23,24,25,26)/t13-/m0/s1. The van der Waals surface area contributed by atoms with Crippen molar-refractivity contribution >= 4 is 17.5 Å². The maximum Gasteiger partial charge on any atom is 0.225 e. The number of nitrogens with zero attached hydrogens (tertiary/aromatic N) is 2. The highest BCUT2D eigenvalue weighted by Gasteiger charge is 2.27. The number of hydrazine groups is 1. The molecule has 0 spiro atoms. The number of hydrogen-bond donors (Lipinski definition) is 4. The molecule has 28 heavy (non-hydrogen) atoms. The first-order valence-corrected chi connectivity index (χ1v) is 8.91. The number of rotatable bonds is 8. The van der Waals surface area contributed by atoms with Gasteiger partial charge in [-0.1, -0.05) is 13.8 Å². The molecule has 4 N–H and O–H groups in total. The summed E-state index contributed by atoms with van der Waals surface area (Å²) in [4.78, 5) is 8.61. The van der Waals surface area contributed by atoms with Gasteiger partial charge in [0.05, 0.1) is 18.3 Å². The van der Waals surface area contributed by atoms with Gasteiger partial charge in [-0.3, -0.25) is 10.9 Å². The van der Waals surface area contributed by atoms with Crippen LogP contribution in [0.2, 0.25) is 0 Å². The summed E-state index contributed by atoms with van der Waals surface area (Å²) in [5.74, 6) is -5.41. The highest BCUT2D eigenvalue weighted by molar-refractivity contribution is 5.54. The Labute approximate surface area is 159 Å². The first kappa shape index (κ1) is 20.1. The Morgan fingerprint density at radius 1 is 1.04 bits per heavy atom. The zero-order chi connectivity index (χ0) is 20.4. The number of benzene rings is 1. The lowest BCUT2D eigenvalue weighted by atomic mass is 10.1. The van der Waals surface area contributed by atoms with Gasteiger partial charge in [-0.25, -0.2) is 22.5 Å². The van der Waals surface area contributed by atoms with Crippen LogP contribution in [0, 0.1) is 29.2 Å². The van der Waals surface area contributed by atoms with E-state index in [-0.39, 0.29) is 42.3 Å². The topological polar surface area (TPSA) is 82.1 Å². The van der Waals surface area contributed by atoms with Gasteiger partial charge < -0.3 is 10.4 Å². The molecule has 0 bridgehead atoms. The molecule has 3 rings (SSSR count). The molecule has 6 nitrogen and oxygen atoms in total. The lowest BCUT2D eigenvalue weighted by Crippen LogP contribution is -2.30. The molecule has 1 saturated carbocycles. The molecule has 1 aromatic carbocycles. The summed E-state index contributed by atoms with van der Waals surface area (Å²) >= 11 is 0. The first-order valence-electron chi connectivity index (χ1n) is 8.91. The zero-order valence-corrected chi connectivity index (χ0v) is 15.4. The van der Waals surface area contributed by atoms with Crippen molar-refractivity contribution in [3.05, 3.63) is 41.1 Å². The molecule has 10 heteroatoms. The Bertz CT molecular complexity index is 834. The third-order valence-corrected chi connectivity index (χ3v) is 4.48. The van der Waals surface area contributed by atoms with E-state index in [9.17, 15) is 22.7 Å². The summed E-state index contributed by atoms with van der Waals surface area (Å²) in [6.45, 7) is 3.71. The predicted molar refractivity (Wildman–Crippen MR) is 96.9 cm³/mol. The predicted octanol–water partition coefficient (Wildman–Crippen LogP) is 3.78. The minimum atomic E-state index is -1.55. The third kappa shape index (κ3) is 4.44. The van der Waals surface area contributed by atoms with Crippen molar-refractivity contribution < 1.29 is 22.7 Å². The first-order chi connectivity index (χ1) is 13.3. The normalized spacial score (nSPS) is 14.9. The Morgan fingerprint density at radius 3 is 2.21 bits per heavy atom. The van der Waals surface area contributed by atoms with Gasteiger partial charge in [-0.15, -0.1) is 0 Å². The molecule has 0 unspecified atom stereocenters. The van der Waals surface area contributed by atoms with E-state index in [1.165, 1.54) is 0 Å². The highest BCUT2D eigenvalue weighted by atomic mass is 19.2. The van der Waals surface area contributed by atoms with Crippen LogP contribution < -0.4 is 16.2 Å². The average Bonchev–Trinajstić information content (AvgIpc) is 3.49. The van der Waals surface area contributed by atoms with Gasteiger partial charge in [0, 0.05) is 18.1 Å². The van der Waals surface area contributed by atoms with Crippen LogP contribution in [0.5, 0.6) is 0 Å². The van der Waals surface area contributed by atoms with Crippen LogP contribution in [-0.2, 0) is 0 Å². The number of hydrogen-bond acceptors (Lipinski definition) is 6. The van der Waals surface area contributed by atoms with Crippen LogP contribution in [0.15, 0.2) is 12.1 Å². The second kappa shape index (κ2) is 8.17. The Morgan fingerprint density at radius 2 is 1.68 bits per heavy atom. The maximum absolute atomic E-state index is 13.8. The van der Waals surface area contributed by atoms with Crippen molar-refractivity contribution in [1.82, 2.24) is 9.97 Å². The highest BCUT2D eigenvalue weighted by Crippen LogP contribution is 2.40. The van der Waals surface area contributed by atoms with Crippen LogP contribution >= 0.6 is 0 Å². The van der Waals surface area contributed by atoms with Gasteiger partial charge in [0.15, 0.2) is 23.3 Å². The lowest BCUT2D eigenvalue weighted by molar-refractivity contribution is 0.248.